The maximum Gasteiger partial charge on any atom is 0.328 e. The lowest BCUT2D eigenvalue weighted by Crippen LogP contribution is -2.42. The van der Waals surface area contributed by atoms with E-state index in [9.17, 15) is 9.59 Å². The topological polar surface area (TPSA) is 55.4 Å². The Hall–Kier alpha value is -0.710. The molecule has 0 saturated carbocycles. The number of carbonyl (C=O) groups excluding carboxylic acids is 2. The first-order valence-electron chi connectivity index (χ1n) is 5.56. The van der Waals surface area contributed by atoms with Gasteiger partial charge in [-0.25, -0.2) is 4.79 Å². The molecule has 0 aromatic carbocycles. The number of thioether (sulfide) groups is 1. The van der Waals surface area contributed by atoms with Crippen molar-refractivity contribution in [3.05, 3.63) is 0 Å². The van der Waals surface area contributed by atoms with E-state index in [0.29, 0.717) is 12.3 Å². The first kappa shape index (κ1) is 13.4. The van der Waals surface area contributed by atoms with Crippen molar-refractivity contribution in [2.75, 3.05) is 18.6 Å². The molecule has 1 amide bonds. The van der Waals surface area contributed by atoms with Crippen molar-refractivity contribution in [2.45, 2.75) is 32.2 Å². The van der Waals surface area contributed by atoms with Gasteiger partial charge in [-0.1, -0.05) is 0 Å². The van der Waals surface area contributed by atoms with E-state index >= 15 is 0 Å². The first-order chi connectivity index (χ1) is 7.63. The zero-order valence-electron chi connectivity index (χ0n) is 9.82. The minimum atomic E-state index is -0.476. The predicted octanol–water partition coefficient (Wildman–Crippen LogP) is 1.20. The van der Waals surface area contributed by atoms with Gasteiger partial charge in [0.1, 0.15) is 6.04 Å². The van der Waals surface area contributed by atoms with Gasteiger partial charge in [-0.05, 0) is 36.7 Å². The zero-order valence-corrected chi connectivity index (χ0v) is 10.6. The van der Waals surface area contributed by atoms with Gasteiger partial charge in [-0.3, -0.25) is 4.79 Å². The number of carbonyl (C=O) groups is 2. The van der Waals surface area contributed by atoms with Crippen LogP contribution in [0.4, 0.5) is 0 Å². The maximum atomic E-state index is 11.5. The SMILES string of the molecule is COC(=O)C(CC1CCSCC1)NC(C)=O. The fraction of sp³-hybridized carbons (Fsp3) is 0.818. The van der Waals surface area contributed by atoms with Gasteiger partial charge < -0.3 is 10.1 Å². The first-order valence-corrected chi connectivity index (χ1v) is 6.71. The summed E-state index contributed by atoms with van der Waals surface area (Å²) in [5, 5.41) is 2.66. The molecule has 1 heterocycles. The van der Waals surface area contributed by atoms with E-state index in [4.69, 9.17) is 4.74 Å². The summed E-state index contributed by atoms with van der Waals surface area (Å²) < 4.78 is 4.70. The maximum absolute atomic E-state index is 11.5. The molecular weight excluding hydrogens is 226 g/mol. The molecule has 1 unspecified atom stereocenters. The summed E-state index contributed by atoms with van der Waals surface area (Å²) in [7, 11) is 1.36. The van der Waals surface area contributed by atoms with Crippen molar-refractivity contribution in [3.8, 4) is 0 Å². The summed E-state index contributed by atoms with van der Waals surface area (Å²) in [5.41, 5.74) is 0. The Labute approximate surface area is 100 Å². The van der Waals surface area contributed by atoms with E-state index in [1.165, 1.54) is 14.0 Å². The smallest absolute Gasteiger partial charge is 0.328 e. The van der Waals surface area contributed by atoms with Crippen LogP contribution in [0.2, 0.25) is 0 Å². The van der Waals surface area contributed by atoms with Crippen molar-refractivity contribution >= 4 is 23.6 Å². The second-order valence-corrected chi connectivity index (χ2v) is 5.29. The highest BCUT2D eigenvalue weighted by Crippen LogP contribution is 2.26. The molecule has 1 fully saturated rings. The number of ether oxygens (including phenoxy) is 1. The van der Waals surface area contributed by atoms with Gasteiger partial charge in [-0.15, -0.1) is 0 Å². The third-order valence-electron chi connectivity index (χ3n) is 2.77. The van der Waals surface area contributed by atoms with Crippen molar-refractivity contribution in [2.24, 2.45) is 5.92 Å². The molecule has 1 aliphatic rings. The summed E-state index contributed by atoms with van der Waals surface area (Å²) >= 11 is 1.95. The lowest BCUT2D eigenvalue weighted by atomic mass is 9.94. The Morgan fingerprint density at radius 1 is 1.44 bits per heavy atom. The van der Waals surface area contributed by atoms with E-state index in [-0.39, 0.29) is 11.9 Å². The van der Waals surface area contributed by atoms with Gasteiger partial charge in [-0.2, -0.15) is 11.8 Å². The monoisotopic (exact) mass is 245 g/mol. The van der Waals surface area contributed by atoms with Gasteiger partial charge in [0.05, 0.1) is 7.11 Å². The molecule has 1 atom stereocenters. The summed E-state index contributed by atoms with van der Waals surface area (Å²) in [6.45, 7) is 1.42. The summed E-state index contributed by atoms with van der Waals surface area (Å²) in [6.07, 6.45) is 2.95. The van der Waals surface area contributed by atoms with Gasteiger partial charge in [0.25, 0.3) is 0 Å². The number of hydrogen-bond acceptors (Lipinski definition) is 4. The van der Waals surface area contributed by atoms with Crippen LogP contribution in [0.3, 0.4) is 0 Å². The van der Waals surface area contributed by atoms with Crippen molar-refractivity contribution in [3.63, 3.8) is 0 Å². The van der Waals surface area contributed by atoms with Gasteiger partial charge in [0.15, 0.2) is 0 Å². The molecule has 0 aromatic heterocycles. The van der Waals surface area contributed by atoms with E-state index in [0.717, 1.165) is 24.3 Å². The quantitative estimate of drug-likeness (QED) is 0.756. The Balaban J connectivity index is 2.47. The van der Waals surface area contributed by atoms with Crippen LogP contribution >= 0.6 is 11.8 Å². The normalized spacial score (nSPS) is 18.9. The van der Waals surface area contributed by atoms with Crippen LogP contribution in [0, 0.1) is 5.92 Å². The number of hydrogen-bond donors (Lipinski definition) is 1. The minimum absolute atomic E-state index is 0.180. The molecular formula is C11H19NO3S. The number of methoxy groups -OCH3 is 1. The van der Waals surface area contributed by atoms with Gasteiger partial charge >= 0.3 is 5.97 Å². The van der Waals surface area contributed by atoms with Crippen LogP contribution in [0.25, 0.3) is 0 Å². The Morgan fingerprint density at radius 2 is 2.06 bits per heavy atom. The third kappa shape index (κ3) is 4.43. The highest BCUT2D eigenvalue weighted by Gasteiger charge is 2.25. The number of amides is 1. The molecule has 0 spiro atoms. The van der Waals surface area contributed by atoms with Gasteiger partial charge in [0.2, 0.25) is 5.91 Å². The number of rotatable bonds is 4. The van der Waals surface area contributed by atoms with E-state index < -0.39 is 6.04 Å². The fourth-order valence-electron chi connectivity index (χ4n) is 1.92. The molecule has 5 heteroatoms. The summed E-state index contributed by atoms with van der Waals surface area (Å²) in [5.74, 6) is 2.31. The zero-order chi connectivity index (χ0) is 12.0. The molecule has 1 saturated heterocycles. The molecule has 0 aliphatic carbocycles. The van der Waals surface area contributed by atoms with Gasteiger partial charge in [0, 0.05) is 6.92 Å². The molecule has 4 nitrogen and oxygen atoms in total. The molecule has 1 N–H and O–H groups in total. The van der Waals surface area contributed by atoms with Crippen LogP contribution in [-0.4, -0.2) is 36.5 Å². The molecule has 16 heavy (non-hydrogen) atoms. The van der Waals surface area contributed by atoms with E-state index in [1.807, 2.05) is 11.8 Å². The highest BCUT2D eigenvalue weighted by molar-refractivity contribution is 7.99. The lowest BCUT2D eigenvalue weighted by molar-refractivity contribution is -0.145. The summed E-state index contributed by atoms with van der Waals surface area (Å²) in [4.78, 5) is 22.5. The largest absolute Gasteiger partial charge is 0.467 e. The Morgan fingerprint density at radius 3 is 2.56 bits per heavy atom. The van der Waals surface area contributed by atoms with Crippen LogP contribution in [0.1, 0.15) is 26.2 Å². The molecule has 92 valence electrons. The van der Waals surface area contributed by atoms with Crippen LogP contribution in [-0.2, 0) is 14.3 Å². The van der Waals surface area contributed by atoms with Crippen LogP contribution in [0.15, 0.2) is 0 Å². The molecule has 0 aromatic rings. The number of esters is 1. The molecule has 1 rings (SSSR count). The van der Waals surface area contributed by atoms with Crippen molar-refractivity contribution in [1.82, 2.24) is 5.32 Å². The van der Waals surface area contributed by atoms with Crippen LogP contribution in [0.5, 0.6) is 0 Å². The Bertz CT molecular complexity index is 252. The van der Waals surface area contributed by atoms with E-state index in [1.54, 1.807) is 0 Å². The minimum Gasteiger partial charge on any atom is -0.467 e. The molecule has 0 bridgehead atoms. The van der Waals surface area contributed by atoms with Crippen LogP contribution < -0.4 is 5.32 Å². The fourth-order valence-corrected chi connectivity index (χ4v) is 3.12. The highest BCUT2D eigenvalue weighted by atomic mass is 32.2. The third-order valence-corrected chi connectivity index (χ3v) is 3.82. The van der Waals surface area contributed by atoms with E-state index in [2.05, 4.69) is 5.32 Å². The second kappa shape index (κ2) is 6.78. The average molecular weight is 245 g/mol. The average Bonchev–Trinajstić information content (AvgIpc) is 2.28. The number of nitrogens with one attached hydrogen (secondary N) is 1. The summed E-state index contributed by atoms with van der Waals surface area (Å²) in [6, 6.07) is -0.476. The van der Waals surface area contributed by atoms with Crippen molar-refractivity contribution < 1.29 is 14.3 Å². The standard InChI is InChI=1S/C11H19NO3S/c1-8(13)12-10(11(14)15-2)7-9-3-5-16-6-4-9/h9-10H,3-7H2,1-2H3,(H,12,13). The second-order valence-electron chi connectivity index (χ2n) is 4.07. The molecule has 0 radical (unpaired) electrons. The Kier molecular flexibility index (Phi) is 5.66. The lowest BCUT2D eigenvalue weighted by Gasteiger charge is -2.25. The molecule has 1 aliphatic heterocycles. The predicted molar refractivity (Wildman–Crippen MR) is 64.3 cm³/mol. The van der Waals surface area contributed by atoms with Crippen molar-refractivity contribution in [1.29, 1.82) is 0 Å².